The molecule has 1 fully saturated rings. The van der Waals surface area contributed by atoms with Gasteiger partial charge in [0.15, 0.2) is 0 Å². The van der Waals surface area contributed by atoms with Gasteiger partial charge in [0, 0.05) is 18.8 Å². The number of hydrogen-bond acceptors (Lipinski definition) is 2. The van der Waals surface area contributed by atoms with E-state index in [1.165, 1.54) is 11.3 Å². The van der Waals surface area contributed by atoms with Gasteiger partial charge in [-0.15, -0.1) is 0 Å². The first-order valence-corrected chi connectivity index (χ1v) is 4.96. The molecule has 1 saturated heterocycles. The highest BCUT2D eigenvalue weighted by molar-refractivity contribution is 5.66. The molecule has 0 saturated carbocycles. The van der Waals surface area contributed by atoms with Gasteiger partial charge in [-0.1, -0.05) is 30.9 Å². The summed E-state index contributed by atoms with van der Waals surface area (Å²) in [5.74, 6) is 0. The van der Waals surface area contributed by atoms with Crippen LogP contribution in [-0.2, 0) is 4.74 Å². The van der Waals surface area contributed by atoms with Crippen molar-refractivity contribution in [3.63, 3.8) is 0 Å². The Hall–Kier alpha value is -1.28. The summed E-state index contributed by atoms with van der Waals surface area (Å²) >= 11 is 0. The zero-order valence-electron chi connectivity index (χ0n) is 8.28. The maximum Gasteiger partial charge on any atom is 0.0642 e. The summed E-state index contributed by atoms with van der Waals surface area (Å²) < 4.78 is 5.33. The van der Waals surface area contributed by atoms with Crippen LogP contribution in [0.5, 0.6) is 0 Å². The molecule has 74 valence electrons. The van der Waals surface area contributed by atoms with E-state index in [1.807, 2.05) is 12.1 Å². The molecule has 1 heterocycles. The van der Waals surface area contributed by atoms with Gasteiger partial charge in [-0.2, -0.15) is 0 Å². The molecule has 1 aromatic rings. The van der Waals surface area contributed by atoms with E-state index in [2.05, 4.69) is 29.7 Å². The van der Waals surface area contributed by atoms with Gasteiger partial charge in [0.25, 0.3) is 0 Å². The Labute approximate surface area is 84.8 Å². The van der Waals surface area contributed by atoms with E-state index in [-0.39, 0.29) is 0 Å². The van der Waals surface area contributed by atoms with Crippen molar-refractivity contribution in [3.05, 3.63) is 36.4 Å². The predicted molar refractivity (Wildman–Crippen MR) is 59.6 cm³/mol. The van der Waals surface area contributed by atoms with Gasteiger partial charge < -0.3 is 9.64 Å². The maximum absolute atomic E-state index is 5.33. The highest BCUT2D eigenvalue weighted by Crippen LogP contribution is 2.21. The molecule has 0 bridgehead atoms. The molecule has 0 amide bonds. The van der Waals surface area contributed by atoms with Crippen molar-refractivity contribution in [2.24, 2.45) is 0 Å². The number of ether oxygens (including phenoxy) is 1. The molecule has 0 N–H and O–H groups in total. The molecule has 0 atom stereocenters. The van der Waals surface area contributed by atoms with E-state index >= 15 is 0 Å². The van der Waals surface area contributed by atoms with Gasteiger partial charge in [0.1, 0.15) is 0 Å². The first-order chi connectivity index (χ1) is 6.92. The smallest absolute Gasteiger partial charge is 0.0642 e. The minimum atomic E-state index is 0.825. The third kappa shape index (κ3) is 1.80. The minimum Gasteiger partial charge on any atom is -0.378 e. The number of hydrogen-bond donors (Lipinski definition) is 0. The topological polar surface area (TPSA) is 12.5 Å². The SMILES string of the molecule is C=Cc1ccccc1N1CCOCC1. The van der Waals surface area contributed by atoms with Crippen molar-refractivity contribution in [2.45, 2.75) is 0 Å². The maximum atomic E-state index is 5.33. The number of morpholine rings is 1. The van der Waals surface area contributed by atoms with Crippen LogP contribution in [0, 0.1) is 0 Å². The van der Waals surface area contributed by atoms with Crippen LogP contribution in [0.4, 0.5) is 5.69 Å². The molecule has 0 aliphatic carbocycles. The Morgan fingerprint density at radius 3 is 2.64 bits per heavy atom. The lowest BCUT2D eigenvalue weighted by molar-refractivity contribution is 0.122. The quantitative estimate of drug-likeness (QED) is 0.707. The van der Waals surface area contributed by atoms with Crippen molar-refractivity contribution in [3.8, 4) is 0 Å². The molecule has 2 heteroatoms. The number of rotatable bonds is 2. The van der Waals surface area contributed by atoms with Crippen molar-refractivity contribution >= 4 is 11.8 Å². The molecule has 1 aliphatic heterocycles. The molecule has 0 spiro atoms. The van der Waals surface area contributed by atoms with Gasteiger partial charge in [0.05, 0.1) is 13.2 Å². The van der Waals surface area contributed by atoms with Crippen LogP contribution in [-0.4, -0.2) is 26.3 Å². The van der Waals surface area contributed by atoms with E-state index in [0.717, 1.165) is 26.3 Å². The largest absolute Gasteiger partial charge is 0.378 e. The molecule has 0 aromatic heterocycles. The fourth-order valence-electron chi connectivity index (χ4n) is 1.75. The third-order valence-corrected chi connectivity index (χ3v) is 2.51. The third-order valence-electron chi connectivity index (χ3n) is 2.51. The molecular formula is C12H15NO. The van der Waals surface area contributed by atoms with Gasteiger partial charge in [-0.05, 0) is 11.6 Å². The molecule has 1 aliphatic rings. The van der Waals surface area contributed by atoms with Crippen LogP contribution in [0.2, 0.25) is 0 Å². The summed E-state index contributed by atoms with van der Waals surface area (Å²) in [5, 5.41) is 0. The summed E-state index contributed by atoms with van der Waals surface area (Å²) in [7, 11) is 0. The predicted octanol–water partition coefficient (Wildman–Crippen LogP) is 2.17. The molecule has 0 unspecified atom stereocenters. The van der Waals surface area contributed by atoms with E-state index in [4.69, 9.17) is 4.74 Å². The number of para-hydroxylation sites is 1. The number of nitrogens with zero attached hydrogens (tertiary/aromatic N) is 1. The van der Waals surface area contributed by atoms with Crippen LogP contribution in [0.3, 0.4) is 0 Å². The summed E-state index contributed by atoms with van der Waals surface area (Å²) in [6, 6.07) is 8.35. The molecular weight excluding hydrogens is 174 g/mol. The molecule has 14 heavy (non-hydrogen) atoms. The van der Waals surface area contributed by atoms with E-state index < -0.39 is 0 Å². The Morgan fingerprint density at radius 2 is 1.93 bits per heavy atom. The summed E-state index contributed by atoms with van der Waals surface area (Å²) in [4.78, 5) is 2.35. The minimum absolute atomic E-state index is 0.825. The Balaban J connectivity index is 2.24. The monoisotopic (exact) mass is 189 g/mol. The highest BCUT2D eigenvalue weighted by Gasteiger charge is 2.12. The van der Waals surface area contributed by atoms with Gasteiger partial charge in [-0.25, -0.2) is 0 Å². The number of benzene rings is 1. The lowest BCUT2D eigenvalue weighted by Crippen LogP contribution is -2.36. The standard InChI is InChI=1S/C12H15NO/c1-2-11-5-3-4-6-12(11)13-7-9-14-10-8-13/h2-6H,1,7-10H2. The lowest BCUT2D eigenvalue weighted by Gasteiger charge is -2.30. The average molecular weight is 189 g/mol. The second kappa shape index (κ2) is 4.29. The molecule has 1 aromatic carbocycles. The normalized spacial score (nSPS) is 16.7. The first-order valence-electron chi connectivity index (χ1n) is 4.96. The van der Waals surface area contributed by atoms with E-state index in [0.29, 0.717) is 0 Å². The Bertz CT molecular complexity index is 316. The van der Waals surface area contributed by atoms with Crippen molar-refractivity contribution in [1.82, 2.24) is 0 Å². The highest BCUT2D eigenvalue weighted by atomic mass is 16.5. The van der Waals surface area contributed by atoms with Crippen LogP contribution >= 0.6 is 0 Å². The fraction of sp³-hybridized carbons (Fsp3) is 0.333. The second-order valence-electron chi connectivity index (χ2n) is 3.36. The first kappa shape index (κ1) is 9.28. The summed E-state index contributed by atoms with van der Waals surface area (Å²) in [6.45, 7) is 7.43. The molecule has 2 rings (SSSR count). The van der Waals surface area contributed by atoms with E-state index in [1.54, 1.807) is 0 Å². The van der Waals surface area contributed by atoms with Crippen molar-refractivity contribution in [2.75, 3.05) is 31.2 Å². The molecule has 2 nitrogen and oxygen atoms in total. The zero-order valence-corrected chi connectivity index (χ0v) is 8.28. The summed E-state index contributed by atoms with van der Waals surface area (Å²) in [6.07, 6.45) is 1.91. The Kier molecular flexibility index (Phi) is 2.84. The van der Waals surface area contributed by atoms with Gasteiger partial charge in [0.2, 0.25) is 0 Å². The van der Waals surface area contributed by atoms with Gasteiger partial charge in [-0.3, -0.25) is 0 Å². The Morgan fingerprint density at radius 1 is 1.21 bits per heavy atom. The van der Waals surface area contributed by atoms with Gasteiger partial charge >= 0.3 is 0 Å². The van der Waals surface area contributed by atoms with E-state index in [9.17, 15) is 0 Å². The number of anilines is 1. The summed E-state index contributed by atoms with van der Waals surface area (Å²) in [5.41, 5.74) is 2.47. The van der Waals surface area contributed by atoms with Crippen LogP contribution in [0.1, 0.15) is 5.56 Å². The second-order valence-corrected chi connectivity index (χ2v) is 3.36. The lowest BCUT2D eigenvalue weighted by atomic mass is 10.1. The fourth-order valence-corrected chi connectivity index (χ4v) is 1.75. The van der Waals surface area contributed by atoms with Crippen LogP contribution < -0.4 is 4.90 Å². The van der Waals surface area contributed by atoms with Crippen LogP contribution in [0.15, 0.2) is 30.8 Å². The van der Waals surface area contributed by atoms with Crippen molar-refractivity contribution < 1.29 is 4.74 Å². The average Bonchev–Trinajstić information content (AvgIpc) is 2.30. The van der Waals surface area contributed by atoms with Crippen molar-refractivity contribution in [1.29, 1.82) is 0 Å². The zero-order chi connectivity index (χ0) is 9.80. The van der Waals surface area contributed by atoms with Crippen LogP contribution in [0.25, 0.3) is 6.08 Å². The molecule has 0 radical (unpaired) electrons.